The first-order valence-electron chi connectivity index (χ1n) is 9.29. The molecule has 3 N–H and O–H groups in total. The first-order chi connectivity index (χ1) is 12.7. The maximum Gasteiger partial charge on any atom is 0.267 e. The second kappa shape index (κ2) is 10.3. The molecule has 1 aromatic rings. The summed E-state index contributed by atoms with van der Waals surface area (Å²) in [6.45, 7) is 1.54. The summed E-state index contributed by atoms with van der Waals surface area (Å²) in [5, 5.41) is 11.8. The molecule has 1 saturated heterocycles. The quantitative estimate of drug-likeness (QED) is 0.405. The van der Waals surface area contributed by atoms with Crippen LogP contribution in [0.25, 0.3) is 6.08 Å². The normalized spacial score (nSPS) is 20.3. The minimum absolute atomic E-state index is 0. The Morgan fingerprint density at radius 1 is 1.19 bits per heavy atom. The van der Waals surface area contributed by atoms with Crippen LogP contribution >= 0.6 is 12.4 Å². The van der Waals surface area contributed by atoms with E-state index in [9.17, 15) is 9.59 Å². The first-order valence-corrected chi connectivity index (χ1v) is 9.29. The summed E-state index contributed by atoms with van der Waals surface area (Å²) in [5.74, 6) is 0.721. The number of carbonyl (C=O) groups excluding carboxylic acids is 2. The monoisotopic (exact) mass is 394 g/mol. The van der Waals surface area contributed by atoms with Gasteiger partial charge in [-0.1, -0.05) is 19.3 Å². The topological polar surface area (TPSA) is 94.6 Å². The third kappa shape index (κ3) is 5.94. The van der Waals surface area contributed by atoms with Crippen molar-refractivity contribution in [3.05, 3.63) is 30.0 Å². The van der Waals surface area contributed by atoms with E-state index in [1.807, 2.05) is 17.0 Å². The molecule has 2 heterocycles. The van der Waals surface area contributed by atoms with Gasteiger partial charge in [0.1, 0.15) is 5.82 Å². The molecule has 0 unspecified atom stereocenters. The molecule has 1 aliphatic carbocycles. The van der Waals surface area contributed by atoms with Gasteiger partial charge in [-0.05, 0) is 43.0 Å². The Labute approximate surface area is 165 Å². The first kappa shape index (κ1) is 21.2. The summed E-state index contributed by atoms with van der Waals surface area (Å²) < 4.78 is 0. The molecule has 8 heteroatoms. The highest BCUT2D eigenvalue weighted by atomic mass is 35.5. The molecule has 1 aliphatic heterocycles. The van der Waals surface area contributed by atoms with Gasteiger partial charge in [0.2, 0.25) is 5.91 Å². The Morgan fingerprint density at radius 3 is 2.63 bits per heavy atom. The van der Waals surface area contributed by atoms with Gasteiger partial charge in [-0.2, -0.15) is 0 Å². The zero-order valence-electron chi connectivity index (χ0n) is 15.3. The lowest BCUT2D eigenvalue weighted by molar-refractivity contribution is -0.135. The number of hydrogen-bond donors (Lipinski definition) is 3. The van der Waals surface area contributed by atoms with Gasteiger partial charge in [0.25, 0.3) is 5.91 Å². The molecule has 27 heavy (non-hydrogen) atoms. The third-order valence-electron chi connectivity index (χ3n) is 5.13. The van der Waals surface area contributed by atoms with Crippen molar-refractivity contribution in [3.8, 4) is 0 Å². The van der Waals surface area contributed by atoms with Crippen molar-refractivity contribution in [1.82, 2.24) is 15.4 Å². The Hall–Kier alpha value is -2.12. The summed E-state index contributed by atoms with van der Waals surface area (Å²) in [7, 11) is 0. The molecule has 0 spiro atoms. The van der Waals surface area contributed by atoms with Crippen molar-refractivity contribution in [2.45, 2.75) is 44.6 Å². The van der Waals surface area contributed by atoms with Crippen LogP contribution in [0.5, 0.6) is 0 Å². The molecule has 0 bridgehead atoms. The van der Waals surface area contributed by atoms with E-state index in [4.69, 9.17) is 5.21 Å². The molecule has 3 rings (SSSR count). The minimum atomic E-state index is -0.583. The van der Waals surface area contributed by atoms with Crippen molar-refractivity contribution in [1.29, 1.82) is 0 Å². The van der Waals surface area contributed by atoms with E-state index in [1.165, 1.54) is 25.3 Å². The molecule has 2 aliphatic rings. The maximum absolute atomic E-state index is 12.6. The predicted molar refractivity (Wildman–Crippen MR) is 106 cm³/mol. The van der Waals surface area contributed by atoms with E-state index in [0.717, 1.165) is 43.7 Å². The van der Waals surface area contributed by atoms with Gasteiger partial charge >= 0.3 is 0 Å². The van der Waals surface area contributed by atoms with Crippen LogP contribution in [0.2, 0.25) is 0 Å². The number of nitrogens with zero attached hydrogens (tertiary/aromatic N) is 2. The summed E-state index contributed by atoms with van der Waals surface area (Å²) in [6, 6.07) is 3.91. The lowest BCUT2D eigenvalue weighted by Crippen LogP contribution is -2.36. The van der Waals surface area contributed by atoms with Gasteiger partial charge in [-0.15, -0.1) is 12.4 Å². The Kier molecular flexibility index (Phi) is 8.06. The number of anilines is 1. The van der Waals surface area contributed by atoms with Gasteiger partial charge in [0.15, 0.2) is 0 Å². The van der Waals surface area contributed by atoms with Crippen molar-refractivity contribution in [2.75, 3.05) is 18.4 Å². The van der Waals surface area contributed by atoms with E-state index in [1.54, 1.807) is 17.8 Å². The fourth-order valence-electron chi connectivity index (χ4n) is 3.69. The number of amides is 2. The van der Waals surface area contributed by atoms with Crippen molar-refractivity contribution in [2.24, 2.45) is 5.92 Å². The Balaban J connectivity index is 0.00000261. The molecule has 148 valence electrons. The van der Waals surface area contributed by atoms with E-state index in [0.29, 0.717) is 5.91 Å². The molecular weight excluding hydrogens is 368 g/mol. The lowest BCUT2D eigenvalue weighted by Gasteiger charge is -2.26. The third-order valence-corrected chi connectivity index (χ3v) is 5.13. The van der Waals surface area contributed by atoms with Crippen molar-refractivity contribution < 1.29 is 14.8 Å². The number of hydrogen-bond acceptors (Lipinski definition) is 5. The van der Waals surface area contributed by atoms with E-state index in [2.05, 4.69) is 10.3 Å². The SMILES string of the molecule is Cl.O=C(C=Cc1ccc(N[C@@H]2CCN(C(=O)C3CCCCC3)C2)nc1)NO. The number of rotatable bonds is 5. The van der Waals surface area contributed by atoms with Crippen LogP contribution < -0.4 is 10.8 Å². The molecule has 1 saturated carbocycles. The van der Waals surface area contributed by atoms with Gasteiger partial charge < -0.3 is 10.2 Å². The molecule has 1 atom stereocenters. The minimum Gasteiger partial charge on any atom is -0.365 e. The van der Waals surface area contributed by atoms with Crippen molar-refractivity contribution in [3.63, 3.8) is 0 Å². The maximum atomic E-state index is 12.6. The number of pyridine rings is 1. The number of likely N-dealkylation sites (tertiary alicyclic amines) is 1. The van der Waals surface area contributed by atoms with E-state index < -0.39 is 5.91 Å². The van der Waals surface area contributed by atoms with E-state index >= 15 is 0 Å². The highest BCUT2D eigenvalue weighted by molar-refractivity contribution is 5.90. The Bertz CT molecular complexity index is 659. The zero-order chi connectivity index (χ0) is 18.4. The number of aromatic nitrogens is 1. The number of nitrogens with one attached hydrogen (secondary N) is 2. The smallest absolute Gasteiger partial charge is 0.267 e. The van der Waals surface area contributed by atoms with Gasteiger partial charge in [-0.25, -0.2) is 10.5 Å². The number of halogens is 1. The largest absolute Gasteiger partial charge is 0.365 e. The standard InChI is InChI=1S/C19H26N4O3.ClH/c24-18(22-26)9-7-14-6-8-17(20-12-14)21-16-10-11-23(13-16)19(25)15-4-2-1-3-5-15;/h6-9,12,15-16,26H,1-5,10-11,13H2,(H,20,21)(H,22,24);1H/t16-;/m1./s1. The lowest BCUT2D eigenvalue weighted by atomic mass is 9.88. The van der Waals surface area contributed by atoms with E-state index in [-0.39, 0.29) is 24.4 Å². The van der Waals surface area contributed by atoms with Gasteiger partial charge in [-0.3, -0.25) is 14.8 Å². The second-order valence-electron chi connectivity index (χ2n) is 7.04. The molecule has 0 radical (unpaired) electrons. The average molecular weight is 395 g/mol. The van der Waals surface area contributed by atoms with Gasteiger partial charge in [0, 0.05) is 37.3 Å². The molecule has 2 amide bonds. The van der Waals surface area contributed by atoms with Gasteiger partial charge in [0.05, 0.1) is 0 Å². The number of carbonyl (C=O) groups is 2. The molecular formula is C19H27ClN4O3. The van der Waals surface area contributed by atoms with Crippen LogP contribution in [-0.4, -0.2) is 46.0 Å². The zero-order valence-corrected chi connectivity index (χ0v) is 16.1. The second-order valence-corrected chi connectivity index (χ2v) is 7.04. The molecule has 2 fully saturated rings. The summed E-state index contributed by atoms with van der Waals surface area (Å²) >= 11 is 0. The van der Waals surface area contributed by atoms with Crippen LogP contribution in [0.4, 0.5) is 5.82 Å². The summed E-state index contributed by atoms with van der Waals surface area (Å²) in [5.41, 5.74) is 2.30. The number of hydroxylamine groups is 1. The average Bonchev–Trinajstić information content (AvgIpc) is 3.15. The Morgan fingerprint density at radius 2 is 1.96 bits per heavy atom. The van der Waals surface area contributed by atoms with Crippen LogP contribution in [0, 0.1) is 5.92 Å². The summed E-state index contributed by atoms with van der Waals surface area (Å²) in [4.78, 5) is 29.9. The van der Waals surface area contributed by atoms with Crippen LogP contribution in [-0.2, 0) is 9.59 Å². The highest BCUT2D eigenvalue weighted by Crippen LogP contribution is 2.27. The molecule has 7 nitrogen and oxygen atoms in total. The molecule has 0 aromatic carbocycles. The fourth-order valence-corrected chi connectivity index (χ4v) is 3.69. The summed E-state index contributed by atoms with van der Waals surface area (Å²) in [6.07, 6.45) is 11.1. The highest BCUT2D eigenvalue weighted by Gasteiger charge is 2.31. The fraction of sp³-hybridized carbons (Fsp3) is 0.526. The van der Waals surface area contributed by atoms with Crippen LogP contribution in [0.1, 0.15) is 44.1 Å². The predicted octanol–water partition coefficient (Wildman–Crippen LogP) is 2.62. The van der Waals surface area contributed by atoms with Crippen molar-refractivity contribution >= 4 is 36.1 Å². The van der Waals surface area contributed by atoms with Crippen LogP contribution in [0.3, 0.4) is 0 Å². The van der Waals surface area contributed by atoms with Crippen LogP contribution in [0.15, 0.2) is 24.4 Å². The molecule has 1 aromatic heterocycles.